The molecule has 18 heavy (non-hydrogen) atoms. The molecule has 4 unspecified atom stereocenters. The molecule has 1 heterocycles. The predicted octanol–water partition coefficient (Wildman–Crippen LogP) is 3.11. The average Bonchev–Trinajstić information content (AvgIpc) is 2.56. The molecule has 3 heteroatoms. The van der Waals surface area contributed by atoms with Gasteiger partial charge in [0.1, 0.15) is 0 Å². The van der Waals surface area contributed by atoms with Crippen molar-refractivity contribution in [1.29, 1.82) is 0 Å². The van der Waals surface area contributed by atoms with E-state index in [9.17, 15) is 0 Å². The first-order valence-electron chi connectivity index (χ1n) is 7.67. The van der Waals surface area contributed by atoms with Crippen LogP contribution in [-0.4, -0.2) is 40.6 Å². The molecule has 2 rings (SSSR count). The fourth-order valence-corrected chi connectivity index (χ4v) is 4.87. The predicted molar refractivity (Wildman–Crippen MR) is 82.1 cm³/mol. The van der Waals surface area contributed by atoms with Gasteiger partial charge in [0, 0.05) is 35.7 Å². The average molecular weight is 270 g/mol. The topological polar surface area (TPSA) is 29.3 Å². The summed E-state index contributed by atoms with van der Waals surface area (Å²) < 4.78 is 0. The highest BCUT2D eigenvalue weighted by molar-refractivity contribution is 8.00. The first-order valence-corrected chi connectivity index (χ1v) is 8.72. The fraction of sp³-hybridized carbons (Fsp3) is 1.00. The lowest BCUT2D eigenvalue weighted by Gasteiger charge is -2.50. The Hall–Kier alpha value is 0.270. The van der Waals surface area contributed by atoms with E-state index in [-0.39, 0.29) is 0 Å². The van der Waals surface area contributed by atoms with Gasteiger partial charge in [0.15, 0.2) is 0 Å². The van der Waals surface area contributed by atoms with Crippen molar-refractivity contribution < 1.29 is 0 Å². The zero-order valence-corrected chi connectivity index (χ0v) is 13.1. The van der Waals surface area contributed by atoms with Crippen LogP contribution >= 0.6 is 11.8 Å². The fourth-order valence-electron chi connectivity index (χ4n) is 3.77. The van der Waals surface area contributed by atoms with E-state index < -0.39 is 0 Å². The van der Waals surface area contributed by atoms with Crippen molar-refractivity contribution in [3.63, 3.8) is 0 Å². The molecule has 4 atom stereocenters. The summed E-state index contributed by atoms with van der Waals surface area (Å²) in [4.78, 5) is 2.77. The second-order valence-electron chi connectivity index (χ2n) is 6.47. The van der Waals surface area contributed by atoms with Crippen molar-refractivity contribution >= 4 is 11.8 Å². The summed E-state index contributed by atoms with van der Waals surface area (Å²) in [6.45, 7) is 9.28. The van der Waals surface area contributed by atoms with Crippen LogP contribution < -0.4 is 5.73 Å². The molecule has 0 radical (unpaired) electrons. The van der Waals surface area contributed by atoms with Crippen molar-refractivity contribution in [3.8, 4) is 0 Å². The lowest BCUT2D eigenvalue weighted by Crippen LogP contribution is -2.61. The number of thioether (sulfide) groups is 1. The maximum absolute atomic E-state index is 6.24. The molecule has 2 aliphatic rings. The van der Waals surface area contributed by atoms with Gasteiger partial charge in [0.25, 0.3) is 0 Å². The molecule has 1 aliphatic carbocycles. The van der Waals surface area contributed by atoms with Gasteiger partial charge in [-0.2, -0.15) is 11.8 Å². The van der Waals surface area contributed by atoms with Gasteiger partial charge in [-0.05, 0) is 32.1 Å². The largest absolute Gasteiger partial charge is 0.329 e. The Morgan fingerprint density at radius 2 is 2.00 bits per heavy atom. The molecule has 2 nitrogen and oxygen atoms in total. The second kappa shape index (κ2) is 6.15. The molecule has 0 amide bonds. The highest BCUT2D eigenvalue weighted by atomic mass is 32.2. The molecule has 1 saturated heterocycles. The summed E-state index contributed by atoms with van der Waals surface area (Å²) >= 11 is 2.13. The number of nitrogens with zero attached hydrogens (tertiary/aromatic N) is 1. The van der Waals surface area contributed by atoms with E-state index in [0.717, 1.165) is 17.7 Å². The third-order valence-electron chi connectivity index (χ3n) is 5.31. The molecule has 0 aromatic rings. The third-order valence-corrected chi connectivity index (χ3v) is 6.65. The number of hydrogen-bond acceptors (Lipinski definition) is 3. The molecule has 2 fully saturated rings. The summed E-state index contributed by atoms with van der Waals surface area (Å²) in [7, 11) is 0. The van der Waals surface area contributed by atoms with E-state index in [2.05, 4.69) is 37.4 Å². The Labute approximate surface area is 117 Å². The van der Waals surface area contributed by atoms with E-state index >= 15 is 0 Å². The lowest BCUT2D eigenvalue weighted by atomic mass is 9.86. The van der Waals surface area contributed by atoms with E-state index in [4.69, 9.17) is 5.73 Å². The molecular weight excluding hydrogens is 240 g/mol. The van der Waals surface area contributed by atoms with Crippen LogP contribution in [-0.2, 0) is 0 Å². The van der Waals surface area contributed by atoms with Crippen LogP contribution in [0.2, 0.25) is 0 Å². The molecule has 0 bridgehead atoms. The smallest absolute Gasteiger partial charge is 0.0335 e. The minimum absolute atomic E-state index is 0.305. The second-order valence-corrected chi connectivity index (χ2v) is 7.96. The standard InChI is InChI=1S/C15H30N2S/c1-12-5-4-7-15(11-16,8-6-12)17-9-10-18-14(3)13(17)2/h12-14H,4-11,16H2,1-3H3. The molecule has 0 aromatic heterocycles. The normalized spacial score (nSPS) is 43.7. The van der Waals surface area contributed by atoms with Crippen molar-refractivity contribution in [2.45, 2.75) is 69.7 Å². The van der Waals surface area contributed by atoms with Crippen LogP contribution in [0.4, 0.5) is 0 Å². The molecule has 2 N–H and O–H groups in total. The van der Waals surface area contributed by atoms with Crippen molar-refractivity contribution in [3.05, 3.63) is 0 Å². The Kier molecular flexibility index (Phi) is 5.01. The van der Waals surface area contributed by atoms with Gasteiger partial charge in [-0.1, -0.05) is 26.7 Å². The Morgan fingerprint density at radius 3 is 2.72 bits per heavy atom. The Morgan fingerprint density at radius 1 is 1.22 bits per heavy atom. The van der Waals surface area contributed by atoms with Gasteiger partial charge in [0.2, 0.25) is 0 Å². The third kappa shape index (κ3) is 2.88. The maximum atomic E-state index is 6.24. The summed E-state index contributed by atoms with van der Waals surface area (Å²) in [6, 6.07) is 0.681. The van der Waals surface area contributed by atoms with Gasteiger partial charge in [-0.25, -0.2) is 0 Å². The summed E-state index contributed by atoms with van der Waals surface area (Å²) in [5.74, 6) is 2.17. The van der Waals surface area contributed by atoms with Crippen LogP contribution in [0.5, 0.6) is 0 Å². The van der Waals surface area contributed by atoms with Gasteiger partial charge in [-0.15, -0.1) is 0 Å². The van der Waals surface area contributed by atoms with Crippen LogP contribution in [0.25, 0.3) is 0 Å². The van der Waals surface area contributed by atoms with Crippen molar-refractivity contribution in [1.82, 2.24) is 4.90 Å². The zero-order chi connectivity index (χ0) is 13.2. The molecular formula is C15H30N2S. The number of nitrogens with two attached hydrogens (primary N) is 1. The zero-order valence-electron chi connectivity index (χ0n) is 12.3. The molecule has 0 aromatic carbocycles. The SMILES string of the molecule is CC1CCCC(CN)(N2CCSC(C)C2C)CC1. The Balaban J connectivity index is 2.14. The minimum atomic E-state index is 0.305. The highest BCUT2D eigenvalue weighted by Crippen LogP contribution is 2.38. The van der Waals surface area contributed by atoms with Gasteiger partial charge in [0.05, 0.1) is 0 Å². The van der Waals surface area contributed by atoms with E-state index in [0.29, 0.717) is 11.6 Å². The van der Waals surface area contributed by atoms with Crippen LogP contribution in [0.1, 0.15) is 52.9 Å². The molecule has 0 spiro atoms. The molecule has 1 aliphatic heterocycles. The van der Waals surface area contributed by atoms with Gasteiger partial charge in [-0.3, -0.25) is 4.90 Å². The van der Waals surface area contributed by atoms with Crippen LogP contribution in [0, 0.1) is 5.92 Å². The van der Waals surface area contributed by atoms with E-state index in [1.165, 1.54) is 44.4 Å². The quantitative estimate of drug-likeness (QED) is 0.782. The lowest BCUT2D eigenvalue weighted by molar-refractivity contribution is 0.0435. The van der Waals surface area contributed by atoms with Crippen molar-refractivity contribution in [2.24, 2.45) is 11.7 Å². The van der Waals surface area contributed by atoms with Crippen LogP contribution in [0.15, 0.2) is 0 Å². The molecule has 106 valence electrons. The summed E-state index contributed by atoms with van der Waals surface area (Å²) in [6.07, 6.45) is 6.75. The summed E-state index contributed by atoms with van der Waals surface area (Å²) in [5.41, 5.74) is 6.55. The van der Waals surface area contributed by atoms with Gasteiger partial charge < -0.3 is 5.73 Å². The monoisotopic (exact) mass is 270 g/mol. The number of rotatable bonds is 2. The highest BCUT2D eigenvalue weighted by Gasteiger charge is 2.41. The minimum Gasteiger partial charge on any atom is -0.329 e. The Bertz CT molecular complexity index is 271. The maximum Gasteiger partial charge on any atom is 0.0335 e. The van der Waals surface area contributed by atoms with E-state index in [1.807, 2.05) is 0 Å². The van der Waals surface area contributed by atoms with Crippen molar-refractivity contribution in [2.75, 3.05) is 18.8 Å². The van der Waals surface area contributed by atoms with Gasteiger partial charge >= 0.3 is 0 Å². The number of hydrogen-bond donors (Lipinski definition) is 1. The van der Waals surface area contributed by atoms with E-state index in [1.54, 1.807) is 0 Å². The molecule has 1 saturated carbocycles. The first-order chi connectivity index (χ1) is 8.59. The first kappa shape index (κ1) is 14.7. The summed E-state index contributed by atoms with van der Waals surface area (Å²) in [5, 5.41) is 0.753. The van der Waals surface area contributed by atoms with Crippen LogP contribution in [0.3, 0.4) is 0 Å².